The van der Waals surface area contributed by atoms with Crippen molar-refractivity contribution in [3.05, 3.63) is 97.5 Å². The van der Waals surface area contributed by atoms with Gasteiger partial charge in [0.2, 0.25) is 5.79 Å². The Kier molecular flexibility index (Phi) is 8.33. The molecule has 0 saturated carbocycles. The third-order valence-corrected chi connectivity index (χ3v) is 5.76. The number of nitrogens with zero attached hydrogens (tertiary/aromatic N) is 3. The smallest absolute Gasteiger partial charge is 0.291 e. The van der Waals surface area contributed by atoms with E-state index >= 15 is 0 Å². The minimum absolute atomic E-state index is 0.0773. The second-order valence-electron chi connectivity index (χ2n) is 7.03. The molecule has 1 aliphatic heterocycles. The summed E-state index contributed by atoms with van der Waals surface area (Å²) in [6.07, 6.45) is 6.85. The molecular weight excluding hydrogens is 481 g/mol. The third-order valence-electron chi connectivity index (χ3n) is 4.84. The molecule has 2 aromatic carbocycles. The zero-order valence-electron chi connectivity index (χ0n) is 16.7. The number of ether oxygens (including phenoxy) is 2. The van der Waals surface area contributed by atoms with Gasteiger partial charge in [0.15, 0.2) is 0 Å². The van der Waals surface area contributed by atoms with Gasteiger partial charge in [0, 0.05) is 28.0 Å². The topological polar surface area (TPSA) is 99.7 Å². The van der Waals surface area contributed by atoms with E-state index in [4.69, 9.17) is 59.6 Å². The van der Waals surface area contributed by atoms with Gasteiger partial charge in [-0.25, -0.2) is 4.98 Å². The van der Waals surface area contributed by atoms with Crippen LogP contribution < -0.4 is 0 Å². The molecule has 1 aliphatic rings. The lowest BCUT2D eigenvalue weighted by Gasteiger charge is -2.30. The lowest BCUT2D eigenvalue weighted by atomic mass is 10.0. The Hall–Kier alpha value is -2.36. The van der Waals surface area contributed by atoms with Gasteiger partial charge in [-0.3, -0.25) is 0 Å². The molecule has 3 aromatic rings. The summed E-state index contributed by atoms with van der Waals surface area (Å²) in [5, 5.41) is 15.5. The van der Waals surface area contributed by atoms with Crippen molar-refractivity contribution in [3.8, 4) is 0 Å². The van der Waals surface area contributed by atoms with Crippen LogP contribution in [0.4, 0.5) is 0 Å². The van der Waals surface area contributed by atoms with Crippen molar-refractivity contribution in [2.45, 2.75) is 31.3 Å². The third kappa shape index (κ3) is 6.34. The van der Waals surface area contributed by atoms with E-state index in [0.717, 1.165) is 29.0 Å². The zero-order chi connectivity index (χ0) is 23.1. The fourth-order valence-corrected chi connectivity index (χ4v) is 4.24. The minimum Gasteiger partial charge on any atom is -0.342 e. The largest absolute Gasteiger partial charge is 0.342 e. The molecule has 0 bridgehead atoms. The molecule has 1 saturated heterocycles. The Bertz CT molecular complexity index is 1050. The van der Waals surface area contributed by atoms with Gasteiger partial charge in [-0.1, -0.05) is 59.1 Å². The minimum atomic E-state index is -1.50. The van der Waals surface area contributed by atoms with Crippen LogP contribution in [0.2, 0.25) is 15.1 Å². The van der Waals surface area contributed by atoms with Crippen molar-refractivity contribution >= 4 is 34.8 Å². The number of imidazole rings is 1. The van der Waals surface area contributed by atoms with E-state index < -0.39 is 10.9 Å². The highest BCUT2D eigenvalue weighted by atomic mass is 35.5. The average molecular weight is 501 g/mol. The Labute approximate surface area is 199 Å². The summed E-state index contributed by atoms with van der Waals surface area (Å²) in [6.45, 7) is 0.912. The monoisotopic (exact) mass is 499 g/mol. The normalized spacial score (nSPS) is 19.9. The maximum atomic E-state index is 8.36. The van der Waals surface area contributed by atoms with Crippen molar-refractivity contribution in [3.63, 3.8) is 0 Å². The number of aromatic nitrogens is 2. The first kappa shape index (κ1) is 24.3. The number of hydrogen-bond donors (Lipinski definition) is 1. The lowest BCUT2D eigenvalue weighted by Crippen LogP contribution is -2.33. The summed E-state index contributed by atoms with van der Waals surface area (Å²) >= 11 is 18.9. The quantitative estimate of drug-likeness (QED) is 0.359. The molecule has 11 heteroatoms. The molecule has 32 heavy (non-hydrogen) atoms. The molecule has 0 aliphatic carbocycles. The van der Waals surface area contributed by atoms with Crippen LogP contribution in [-0.4, -0.2) is 32.6 Å². The maximum Gasteiger partial charge on any atom is 0.291 e. The van der Waals surface area contributed by atoms with Gasteiger partial charge in [0.05, 0.1) is 30.6 Å². The summed E-state index contributed by atoms with van der Waals surface area (Å²) in [5.74, 6) is -0.993. The van der Waals surface area contributed by atoms with Gasteiger partial charge < -0.3 is 19.2 Å². The molecule has 0 amide bonds. The summed E-state index contributed by atoms with van der Waals surface area (Å²) in [7, 11) is 0. The van der Waals surface area contributed by atoms with Gasteiger partial charge in [-0.15, -0.1) is 10.1 Å². The summed E-state index contributed by atoms with van der Waals surface area (Å²) in [6, 6.07) is 13.2. The van der Waals surface area contributed by atoms with E-state index in [1.165, 1.54) is 0 Å². The van der Waals surface area contributed by atoms with Gasteiger partial charge >= 0.3 is 0 Å². The standard InChI is InChI=1S/C21H19Cl3N2O2.HNO3/c22-16-6-8-18(20(24)11-16)21(13-26-10-9-25-14-26)27-12-17(28-21)7-5-15-3-1-2-4-19(15)23;2-1(3)4/h1-4,6,8-11,14,17H,5,7,12-13H2;(H,2,3,4). The molecule has 0 radical (unpaired) electrons. The highest BCUT2D eigenvalue weighted by Gasteiger charge is 2.44. The number of hydrogen-bond acceptors (Lipinski definition) is 5. The van der Waals surface area contributed by atoms with Crippen LogP contribution in [0.15, 0.2) is 61.2 Å². The Morgan fingerprint density at radius 2 is 1.97 bits per heavy atom. The van der Waals surface area contributed by atoms with Crippen LogP contribution in [-0.2, 0) is 28.2 Å². The Morgan fingerprint density at radius 1 is 1.22 bits per heavy atom. The van der Waals surface area contributed by atoms with Crippen LogP contribution in [0.3, 0.4) is 0 Å². The molecule has 2 heterocycles. The fourth-order valence-electron chi connectivity index (χ4n) is 3.45. The fraction of sp³-hybridized carbons (Fsp3) is 0.286. The van der Waals surface area contributed by atoms with Gasteiger partial charge in [-0.2, -0.15) is 0 Å². The van der Waals surface area contributed by atoms with Crippen molar-refractivity contribution in [2.24, 2.45) is 0 Å². The summed E-state index contributed by atoms with van der Waals surface area (Å²) in [5.41, 5.74) is 1.86. The molecule has 2 unspecified atom stereocenters. The van der Waals surface area contributed by atoms with Crippen LogP contribution in [0.5, 0.6) is 0 Å². The highest BCUT2D eigenvalue weighted by molar-refractivity contribution is 6.35. The first-order valence-corrected chi connectivity index (χ1v) is 10.7. The SMILES string of the molecule is Clc1ccc(C2(Cn3ccnc3)OCC(CCc3ccccc3Cl)O2)c(Cl)c1.O=[N+]([O-])O. The predicted octanol–water partition coefficient (Wildman–Crippen LogP) is 5.40. The van der Waals surface area contributed by atoms with Gasteiger partial charge in [0.1, 0.15) is 0 Å². The van der Waals surface area contributed by atoms with Crippen LogP contribution in [0, 0.1) is 10.1 Å². The van der Waals surface area contributed by atoms with Crippen molar-refractivity contribution < 1.29 is 19.8 Å². The molecule has 1 aromatic heterocycles. The highest BCUT2D eigenvalue weighted by Crippen LogP contribution is 2.41. The van der Waals surface area contributed by atoms with E-state index in [9.17, 15) is 0 Å². The number of aryl methyl sites for hydroxylation is 1. The predicted molar refractivity (Wildman–Crippen MR) is 120 cm³/mol. The van der Waals surface area contributed by atoms with Crippen molar-refractivity contribution in [1.29, 1.82) is 0 Å². The van der Waals surface area contributed by atoms with Crippen LogP contribution >= 0.6 is 34.8 Å². The molecule has 0 spiro atoms. The lowest BCUT2D eigenvalue weighted by molar-refractivity contribution is -0.742. The molecule has 1 N–H and O–H groups in total. The molecule has 8 nitrogen and oxygen atoms in total. The number of halogens is 3. The van der Waals surface area contributed by atoms with Crippen molar-refractivity contribution in [2.75, 3.05) is 6.61 Å². The second-order valence-corrected chi connectivity index (χ2v) is 8.28. The average Bonchev–Trinajstić information content (AvgIpc) is 3.38. The maximum absolute atomic E-state index is 8.36. The zero-order valence-corrected chi connectivity index (χ0v) is 19.0. The molecule has 4 rings (SSSR count). The first-order valence-electron chi connectivity index (χ1n) is 9.59. The number of rotatable bonds is 6. The number of benzene rings is 2. The second kappa shape index (κ2) is 11.0. The van der Waals surface area contributed by atoms with E-state index in [1.807, 2.05) is 41.1 Å². The Balaban J connectivity index is 0.000000668. The summed E-state index contributed by atoms with van der Waals surface area (Å²) in [4.78, 5) is 12.5. The van der Waals surface area contributed by atoms with E-state index in [0.29, 0.717) is 23.2 Å². The Morgan fingerprint density at radius 3 is 2.62 bits per heavy atom. The van der Waals surface area contributed by atoms with E-state index in [-0.39, 0.29) is 6.10 Å². The van der Waals surface area contributed by atoms with Crippen LogP contribution in [0.1, 0.15) is 17.5 Å². The summed E-state index contributed by atoms with van der Waals surface area (Å²) < 4.78 is 14.6. The van der Waals surface area contributed by atoms with Crippen LogP contribution in [0.25, 0.3) is 0 Å². The van der Waals surface area contributed by atoms with E-state index in [2.05, 4.69) is 4.98 Å². The van der Waals surface area contributed by atoms with Gasteiger partial charge in [0.25, 0.3) is 5.09 Å². The van der Waals surface area contributed by atoms with E-state index in [1.54, 1.807) is 24.7 Å². The first-order chi connectivity index (χ1) is 15.3. The van der Waals surface area contributed by atoms with Crippen molar-refractivity contribution in [1.82, 2.24) is 9.55 Å². The molecule has 170 valence electrons. The molecular formula is C21H20Cl3N3O5. The molecule has 1 fully saturated rings. The van der Waals surface area contributed by atoms with Gasteiger partial charge in [-0.05, 0) is 36.6 Å². The molecule has 2 atom stereocenters.